The first-order valence-corrected chi connectivity index (χ1v) is 5.35. The maximum atomic E-state index is 2.37. The summed E-state index contributed by atoms with van der Waals surface area (Å²) in [5, 5.41) is 0. The van der Waals surface area contributed by atoms with E-state index in [1.54, 1.807) is 5.57 Å². The van der Waals surface area contributed by atoms with Crippen LogP contribution in [0.1, 0.15) is 45.4 Å². The monoisotopic (exact) mass is 176 g/mol. The van der Waals surface area contributed by atoms with Crippen LogP contribution in [0.5, 0.6) is 0 Å². The molecular weight excluding hydrogens is 156 g/mol. The predicted octanol–water partition coefficient (Wildman–Crippen LogP) is 4.40. The van der Waals surface area contributed by atoms with Crippen molar-refractivity contribution < 1.29 is 0 Å². The van der Waals surface area contributed by atoms with Gasteiger partial charge in [0.1, 0.15) is 0 Å². The Hall–Kier alpha value is -0.780. The molecule has 0 aromatic rings. The summed E-state index contributed by atoms with van der Waals surface area (Å²) in [5.74, 6) is 0. The molecule has 0 spiro atoms. The average Bonchev–Trinajstić information content (AvgIpc) is 2.11. The van der Waals surface area contributed by atoms with Crippen LogP contribution >= 0.6 is 0 Å². The maximum absolute atomic E-state index is 2.37. The quantitative estimate of drug-likeness (QED) is 0.480. The van der Waals surface area contributed by atoms with E-state index in [2.05, 4.69) is 37.3 Å². The highest BCUT2D eigenvalue weighted by molar-refractivity contribution is 5.02. The fraction of sp³-hybridized carbons (Fsp3) is 0.538. The van der Waals surface area contributed by atoms with E-state index in [1.165, 1.54) is 38.5 Å². The maximum Gasteiger partial charge on any atom is -0.0288 e. The molecule has 1 rings (SSSR count). The van der Waals surface area contributed by atoms with Crippen molar-refractivity contribution in [3.8, 4) is 0 Å². The van der Waals surface area contributed by atoms with E-state index in [9.17, 15) is 0 Å². The molecule has 0 atom stereocenters. The molecule has 0 bridgehead atoms. The summed E-state index contributed by atoms with van der Waals surface area (Å²) in [6.07, 6.45) is 18.9. The molecule has 1 aliphatic rings. The minimum Gasteiger partial charge on any atom is -0.0882 e. The van der Waals surface area contributed by atoms with Crippen LogP contribution < -0.4 is 0 Å². The average molecular weight is 176 g/mol. The van der Waals surface area contributed by atoms with Crippen LogP contribution in [0.25, 0.3) is 0 Å². The van der Waals surface area contributed by atoms with E-state index >= 15 is 0 Å². The van der Waals surface area contributed by atoms with Crippen molar-refractivity contribution in [2.24, 2.45) is 0 Å². The molecule has 0 saturated heterocycles. The molecule has 0 aromatic heterocycles. The van der Waals surface area contributed by atoms with E-state index in [0.29, 0.717) is 0 Å². The van der Waals surface area contributed by atoms with Crippen LogP contribution in [0.15, 0.2) is 36.0 Å². The van der Waals surface area contributed by atoms with Crippen molar-refractivity contribution in [2.45, 2.75) is 45.4 Å². The summed E-state index contributed by atoms with van der Waals surface area (Å²) in [7, 11) is 0. The summed E-state index contributed by atoms with van der Waals surface area (Å²) < 4.78 is 0. The van der Waals surface area contributed by atoms with Crippen LogP contribution in [0.4, 0.5) is 0 Å². The van der Waals surface area contributed by atoms with E-state index < -0.39 is 0 Å². The molecule has 13 heavy (non-hydrogen) atoms. The van der Waals surface area contributed by atoms with Crippen LogP contribution in [-0.2, 0) is 0 Å². The van der Waals surface area contributed by atoms with Crippen LogP contribution in [0.3, 0.4) is 0 Å². The number of hydrogen-bond donors (Lipinski definition) is 0. The fourth-order valence-electron chi connectivity index (χ4n) is 1.50. The van der Waals surface area contributed by atoms with Crippen LogP contribution in [-0.4, -0.2) is 0 Å². The van der Waals surface area contributed by atoms with Gasteiger partial charge in [-0.05, 0) is 45.4 Å². The molecule has 0 radical (unpaired) electrons. The third-order valence-corrected chi connectivity index (χ3v) is 2.36. The van der Waals surface area contributed by atoms with Crippen molar-refractivity contribution in [1.82, 2.24) is 0 Å². The minimum atomic E-state index is 1.21. The first-order chi connectivity index (χ1) is 6.39. The molecule has 0 unspecified atom stereocenters. The normalized spacial score (nSPS) is 29.2. The van der Waals surface area contributed by atoms with E-state index in [-0.39, 0.29) is 0 Å². The molecule has 0 N–H and O–H groups in total. The highest BCUT2D eigenvalue weighted by atomic mass is 13.9. The van der Waals surface area contributed by atoms with E-state index in [0.717, 1.165) is 0 Å². The van der Waals surface area contributed by atoms with Crippen molar-refractivity contribution in [3.63, 3.8) is 0 Å². The molecule has 0 nitrogen and oxygen atoms in total. The van der Waals surface area contributed by atoms with Crippen molar-refractivity contribution in [3.05, 3.63) is 36.0 Å². The number of hydrogen-bond acceptors (Lipinski definition) is 0. The standard InChI is InChI=1S/C13H20/c1-13-11-9-7-5-3-2-4-6-8-10-12-13/h3,5-6,8,11H,2,4,7,9-10,12H2,1H3/b5-3+,8-6+,13-11-. The summed E-state index contributed by atoms with van der Waals surface area (Å²) in [6.45, 7) is 2.24. The van der Waals surface area contributed by atoms with Crippen LogP contribution in [0, 0.1) is 0 Å². The Morgan fingerprint density at radius 3 is 2.00 bits per heavy atom. The Morgan fingerprint density at radius 1 is 0.769 bits per heavy atom. The number of rotatable bonds is 0. The lowest BCUT2D eigenvalue weighted by Crippen LogP contribution is -1.78. The van der Waals surface area contributed by atoms with Crippen LogP contribution in [0.2, 0.25) is 0 Å². The smallest absolute Gasteiger partial charge is 0.0288 e. The third kappa shape index (κ3) is 5.46. The van der Waals surface area contributed by atoms with Gasteiger partial charge in [0.15, 0.2) is 0 Å². The zero-order chi connectivity index (χ0) is 9.36. The van der Waals surface area contributed by atoms with Crippen molar-refractivity contribution in [1.29, 1.82) is 0 Å². The lowest BCUT2D eigenvalue weighted by molar-refractivity contribution is 0.921. The van der Waals surface area contributed by atoms with Gasteiger partial charge in [0.25, 0.3) is 0 Å². The van der Waals surface area contributed by atoms with Gasteiger partial charge in [-0.1, -0.05) is 36.0 Å². The molecule has 0 saturated carbocycles. The Labute approximate surface area is 82.0 Å². The van der Waals surface area contributed by atoms with E-state index in [4.69, 9.17) is 0 Å². The molecule has 0 aromatic carbocycles. The van der Waals surface area contributed by atoms with Gasteiger partial charge in [-0.15, -0.1) is 0 Å². The largest absolute Gasteiger partial charge is 0.0882 e. The first kappa shape index (κ1) is 10.3. The van der Waals surface area contributed by atoms with Gasteiger partial charge < -0.3 is 0 Å². The topological polar surface area (TPSA) is 0 Å². The molecular formula is C13H20. The SMILES string of the molecule is C/C1=C/CC/C=C/CC/C=C/CC1. The van der Waals surface area contributed by atoms with Gasteiger partial charge in [-0.25, -0.2) is 0 Å². The Kier molecular flexibility index (Phi) is 5.31. The Balaban J connectivity index is 2.42. The predicted molar refractivity (Wildman–Crippen MR) is 59.7 cm³/mol. The molecule has 0 heterocycles. The van der Waals surface area contributed by atoms with Gasteiger partial charge in [-0.3, -0.25) is 0 Å². The Morgan fingerprint density at radius 2 is 1.31 bits per heavy atom. The summed E-state index contributed by atoms with van der Waals surface area (Å²) in [5.41, 5.74) is 1.54. The zero-order valence-corrected chi connectivity index (χ0v) is 8.63. The van der Waals surface area contributed by atoms with Gasteiger partial charge in [0, 0.05) is 0 Å². The van der Waals surface area contributed by atoms with Gasteiger partial charge in [0.05, 0.1) is 0 Å². The summed E-state index contributed by atoms with van der Waals surface area (Å²) in [4.78, 5) is 0. The first-order valence-electron chi connectivity index (χ1n) is 5.35. The highest BCUT2D eigenvalue weighted by Crippen LogP contribution is 2.09. The molecule has 0 aliphatic heterocycles. The van der Waals surface area contributed by atoms with Crippen molar-refractivity contribution >= 4 is 0 Å². The lowest BCUT2D eigenvalue weighted by Gasteiger charge is -1.98. The Bertz CT molecular complexity index is 206. The summed E-state index contributed by atoms with van der Waals surface area (Å²) in [6, 6.07) is 0. The zero-order valence-electron chi connectivity index (χ0n) is 8.63. The second-order valence-electron chi connectivity index (χ2n) is 3.69. The lowest BCUT2D eigenvalue weighted by atomic mass is 10.1. The van der Waals surface area contributed by atoms with Crippen molar-refractivity contribution in [2.75, 3.05) is 0 Å². The van der Waals surface area contributed by atoms with Gasteiger partial charge >= 0.3 is 0 Å². The molecule has 0 fully saturated rings. The summed E-state index contributed by atoms with van der Waals surface area (Å²) >= 11 is 0. The van der Waals surface area contributed by atoms with Gasteiger partial charge in [-0.2, -0.15) is 0 Å². The minimum absolute atomic E-state index is 1.21. The third-order valence-electron chi connectivity index (χ3n) is 2.36. The second-order valence-corrected chi connectivity index (χ2v) is 3.69. The van der Waals surface area contributed by atoms with Gasteiger partial charge in [0.2, 0.25) is 0 Å². The second kappa shape index (κ2) is 6.71. The highest BCUT2D eigenvalue weighted by Gasteiger charge is 1.88. The molecule has 72 valence electrons. The number of allylic oxidation sites excluding steroid dienone is 6. The van der Waals surface area contributed by atoms with E-state index in [1.807, 2.05) is 0 Å². The fourth-order valence-corrected chi connectivity index (χ4v) is 1.50. The molecule has 1 aliphatic carbocycles. The molecule has 0 amide bonds. The molecule has 0 heteroatoms.